The minimum atomic E-state index is -0.579. The van der Waals surface area contributed by atoms with Crippen LogP contribution in [0.5, 0.6) is 0 Å². The van der Waals surface area contributed by atoms with Crippen LogP contribution in [-0.4, -0.2) is 42.3 Å². The highest BCUT2D eigenvalue weighted by atomic mass is 16.5. The van der Waals surface area contributed by atoms with E-state index in [1.54, 1.807) is 12.3 Å². The largest absolute Gasteiger partial charge is 0.378 e. The first-order valence-electron chi connectivity index (χ1n) is 10.4. The van der Waals surface area contributed by atoms with Gasteiger partial charge in [-0.15, -0.1) is 0 Å². The number of nitrogens with one attached hydrogen (secondary N) is 2. The van der Waals surface area contributed by atoms with Crippen molar-refractivity contribution < 1.29 is 9.53 Å². The van der Waals surface area contributed by atoms with Gasteiger partial charge in [-0.05, 0) is 43.2 Å². The van der Waals surface area contributed by atoms with E-state index in [0.717, 1.165) is 69.8 Å². The Balaban J connectivity index is 1.46. The molecule has 2 aromatic rings. The normalized spacial score (nSPS) is 18.3. The Hall–Kier alpha value is -3.18. The van der Waals surface area contributed by atoms with Crippen LogP contribution >= 0.6 is 0 Å². The van der Waals surface area contributed by atoms with E-state index >= 15 is 0 Å². The average molecular weight is 406 g/mol. The van der Waals surface area contributed by atoms with Crippen molar-refractivity contribution >= 4 is 17.4 Å². The van der Waals surface area contributed by atoms with Crippen LogP contribution < -0.4 is 15.5 Å². The van der Waals surface area contributed by atoms with Gasteiger partial charge in [0.2, 0.25) is 5.82 Å². The minimum absolute atomic E-state index is 0.123. The maximum absolute atomic E-state index is 12.8. The van der Waals surface area contributed by atoms with E-state index in [-0.39, 0.29) is 11.9 Å². The summed E-state index contributed by atoms with van der Waals surface area (Å²) in [5, 5.41) is 15.2. The number of urea groups is 1. The third kappa shape index (κ3) is 4.52. The molecule has 1 aliphatic heterocycles. The monoisotopic (exact) mass is 406 g/mol. The summed E-state index contributed by atoms with van der Waals surface area (Å²) >= 11 is 0. The van der Waals surface area contributed by atoms with Crippen molar-refractivity contribution in [3.8, 4) is 6.07 Å². The molecule has 1 saturated carbocycles. The molecule has 4 rings (SSSR count). The molecule has 0 unspecified atom stereocenters. The predicted molar refractivity (Wildman–Crippen MR) is 113 cm³/mol. The highest BCUT2D eigenvalue weighted by molar-refractivity contribution is 5.90. The highest BCUT2D eigenvalue weighted by Crippen LogP contribution is 2.36. The molecular weight excluding hydrogens is 380 g/mol. The van der Waals surface area contributed by atoms with Gasteiger partial charge in [-0.3, -0.25) is 0 Å². The van der Waals surface area contributed by atoms with Crippen molar-refractivity contribution in [3.63, 3.8) is 0 Å². The lowest BCUT2D eigenvalue weighted by atomic mass is 9.79. The van der Waals surface area contributed by atoms with Crippen LogP contribution in [0.25, 0.3) is 0 Å². The van der Waals surface area contributed by atoms with Gasteiger partial charge < -0.3 is 20.3 Å². The quantitative estimate of drug-likeness (QED) is 0.808. The molecule has 2 fully saturated rings. The minimum Gasteiger partial charge on any atom is -0.378 e. The molecule has 2 N–H and O–H groups in total. The molecular formula is C22H26N6O2. The summed E-state index contributed by atoms with van der Waals surface area (Å²) in [4.78, 5) is 23.5. The van der Waals surface area contributed by atoms with Crippen molar-refractivity contribution in [2.24, 2.45) is 0 Å². The molecule has 2 heterocycles. The molecule has 1 aliphatic carbocycles. The number of ether oxygens (including phenoxy) is 1. The Morgan fingerprint density at radius 2 is 1.83 bits per heavy atom. The van der Waals surface area contributed by atoms with Crippen molar-refractivity contribution in [1.82, 2.24) is 15.3 Å². The van der Waals surface area contributed by atoms with E-state index in [1.165, 1.54) is 0 Å². The van der Waals surface area contributed by atoms with Crippen molar-refractivity contribution in [2.75, 3.05) is 36.5 Å². The fraction of sp³-hybridized carbons (Fsp3) is 0.455. The van der Waals surface area contributed by atoms with Crippen LogP contribution in [0.2, 0.25) is 0 Å². The topological polar surface area (TPSA) is 103 Å². The third-order valence-corrected chi connectivity index (χ3v) is 5.81. The van der Waals surface area contributed by atoms with Gasteiger partial charge in [0, 0.05) is 30.7 Å². The maximum Gasteiger partial charge on any atom is 0.319 e. The number of hydrogen-bond donors (Lipinski definition) is 2. The molecule has 1 saturated heterocycles. The predicted octanol–water partition coefficient (Wildman–Crippen LogP) is 3.17. The smallest absolute Gasteiger partial charge is 0.319 e. The number of morpholine rings is 1. The molecule has 0 radical (unpaired) electrons. The first-order valence-corrected chi connectivity index (χ1v) is 10.4. The number of amides is 2. The van der Waals surface area contributed by atoms with Crippen molar-refractivity contribution in [1.29, 1.82) is 5.26 Å². The summed E-state index contributed by atoms with van der Waals surface area (Å²) < 4.78 is 5.40. The average Bonchev–Trinajstić information content (AvgIpc) is 2.81. The third-order valence-electron chi connectivity index (χ3n) is 5.81. The van der Waals surface area contributed by atoms with Crippen LogP contribution in [0.3, 0.4) is 0 Å². The lowest BCUT2D eigenvalue weighted by Crippen LogP contribution is -2.49. The number of anilines is 2. The molecule has 2 amide bonds. The number of nitriles is 1. The zero-order valence-corrected chi connectivity index (χ0v) is 16.9. The molecule has 156 valence electrons. The number of hydrogen-bond acceptors (Lipinski definition) is 6. The molecule has 1 aromatic carbocycles. The summed E-state index contributed by atoms with van der Waals surface area (Å²) in [5.41, 5.74) is 1.98. The fourth-order valence-electron chi connectivity index (χ4n) is 4.24. The summed E-state index contributed by atoms with van der Waals surface area (Å²) in [5.74, 6) is 0.123. The second kappa shape index (κ2) is 9.09. The van der Waals surface area contributed by atoms with E-state index in [1.807, 2.05) is 30.3 Å². The highest BCUT2D eigenvalue weighted by Gasteiger charge is 2.37. The van der Waals surface area contributed by atoms with Gasteiger partial charge in [0.15, 0.2) is 0 Å². The standard InChI is InChI=1S/C22H26N6O2/c23-16-20-24-11-8-19(26-20)22(9-2-1-3-10-22)27-21(29)25-17-4-6-18(7-5-17)28-12-14-30-15-13-28/h4-8,11H,1-3,9-10,12-15H2,(H2,25,27,29). The van der Waals surface area contributed by atoms with E-state index in [9.17, 15) is 4.79 Å². The Morgan fingerprint density at radius 1 is 1.10 bits per heavy atom. The molecule has 0 atom stereocenters. The first kappa shape index (κ1) is 20.1. The van der Waals surface area contributed by atoms with E-state index in [2.05, 4.69) is 25.5 Å². The van der Waals surface area contributed by atoms with Gasteiger partial charge in [0.25, 0.3) is 0 Å². The SMILES string of the molecule is N#Cc1nccc(C2(NC(=O)Nc3ccc(N4CCOCC4)cc3)CCCCC2)n1. The first-order chi connectivity index (χ1) is 14.7. The lowest BCUT2D eigenvalue weighted by molar-refractivity contribution is 0.122. The van der Waals surface area contributed by atoms with Crippen molar-refractivity contribution in [3.05, 3.63) is 48.0 Å². The van der Waals surface area contributed by atoms with Crippen LogP contribution in [0, 0.1) is 11.3 Å². The number of carbonyl (C=O) groups excluding carboxylic acids is 1. The van der Waals surface area contributed by atoms with Crippen LogP contribution in [0.1, 0.15) is 43.6 Å². The Bertz CT molecular complexity index is 912. The molecule has 0 bridgehead atoms. The number of aromatic nitrogens is 2. The lowest BCUT2D eigenvalue weighted by Gasteiger charge is -2.37. The Kier molecular flexibility index (Phi) is 6.10. The van der Waals surface area contributed by atoms with Gasteiger partial charge in [-0.1, -0.05) is 19.3 Å². The van der Waals surface area contributed by atoms with Gasteiger partial charge in [0.05, 0.1) is 24.4 Å². The second-order valence-electron chi connectivity index (χ2n) is 7.75. The molecule has 1 aromatic heterocycles. The van der Waals surface area contributed by atoms with Gasteiger partial charge in [-0.2, -0.15) is 5.26 Å². The van der Waals surface area contributed by atoms with E-state index < -0.39 is 5.54 Å². The number of carbonyl (C=O) groups is 1. The van der Waals surface area contributed by atoms with Gasteiger partial charge >= 0.3 is 6.03 Å². The van der Waals surface area contributed by atoms with Crippen molar-refractivity contribution in [2.45, 2.75) is 37.6 Å². The maximum atomic E-state index is 12.8. The Morgan fingerprint density at radius 3 is 2.53 bits per heavy atom. The van der Waals surface area contributed by atoms with Crippen LogP contribution in [-0.2, 0) is 10.3 Å². The molecule has 2 aliphatic rings. The van der Waals surface area contributed by atoms with E-state index in [4.69, 9.17) is 10.00 Å². The zero-order valence-electron chi connectivity index (χ0n) is 16.9. The van der Waals surface area contributed by atoms with Gasteiger partial charge in [-0.25, -0.2) is 14.8 Å². The summed E-state index contributed by atoms with van der Waals surface area (Å²) in [7, 11) is 0. The molecule has 8 nitrogen and oxygen atoms in total. The molecule has 0 spiro atoms. The van der Waals surface area contributed by atoms with Crippen LogP contribution in [0.4, 0.5) is 16.2 Å². The summed E-state index contributed by atoms with van der Waals surface area (Å²) in [6.07, 6.45) is 6.29. The second-order valence-corrected chi connectivity index (χ2v) is 7.75. The molecule has 8 heteroatoms. The summed E-state index contributed by atoms with van der Waals surface area (Å²) in [6.45, 7) is 3.22. The van der Waals surface area contributed by atoms with Gasteiger partial charge in [0.1, 0.15) is 6.07 Å². The number of rotatable bonds is 4. The number of nitrogens with zero attached hydrogens (tertiary/aromatic N) is 4. The zero-order chi connectivity index (χ0) is 20.8. The molecule has 30 heavy (non-hydrogen) atoms. The number of benzene rings is 1. The fourth-order valence-corrected chi connectivity index (χ4v) is 4.24. The van der Waals surface area contributed by atoms with E-state index in [0.29, 0.717) is 5.69 Å². The summed E-state index contributed by atoms with van der Waals surface area (Å²) in [6, 6.07) is 11.4. The van der Waals surface area contributed by atoms with Crippen LogP contribution in [0.15, 0.2) is 36.5 Å². The Labute approximate surface area is 176 Å².